The molecule has 0 saturated heterocycles. The summed E-state index contributed by atoms with van der Waals surface area (Å²) in [6.45, 7) is -1.19. The first-order valence-electron chi connectivity index (χ1n) is 6.52. The monoisotopic (exact) mass is 277 g/mol. The van der Waals surface area contributed by atoms with Gasteiger partial charge in [0.25, 0.3) is 0 Å². The molecule has 0 aromatic heterocycles. The van der Waals surface area contributed by atoms with Crippen LogP contribution >= 0.6 is 0 Å². The van der Waals surface area contributed by atoms with E-state index in [0.717, 1.165) is 18.5 Å². The second-order valence-corrected chi connectivity index (χ2v) is 4.43. The molecule has 2 aromatic carbocycles. The molecule has 0 unspecified atom stereocenters. The minimum absolute atomic E-state index is 0.188. The molecule has 1 N–H and O–H groups in total. The maximum atomic E-state index is 12.0. The second-order valence-electron chi connectivity index (χ2n) is 4.43. The highest BCUT2D eigenvalue weighted by Gasteiger charge is 2.03. The van der Waals surface area contributed by atoms with E-state index in [-0.39, 0.29) is 5.75 Å². The van der Waals surface area contributed by atoms with Crippen molar-refractivity contribution < 1.29 is 13.5 Å². The van der Waals surface area contributed by atoms with E-state index in [4.69, 9.17) is 0 Å². The fourth-order valence-corrected chi connectivity index (χ4v) is 1.90. The molecule has 0 fully saturated rings. The number of halogens is 2. The van der Waals surface area contributed by atoms with Gasteiger partial charge in [-0.05, 0) is 36.2 Å². The van der Waals surface area contributed by atoms with Gasteiger partial charge in [-0.15, -0.1) is 0 Å². The number of hydrogen-bond donors (Lipinski definition) is 1. The maximum Gasteiger partial charge on any atom is 0.387 e. The summed E-state index contributed by atoms with van der Waals surface area (Å²) in [5.74, 6) is 0.188. The summed E-state index contributed by atoms with van der Waals surface area (Å²) in [5, 5.41) is 3.32. The molecule has 0 amide bonds. The van der Waals surface area contributed by atoms with E-state index in [0.29, 0.717) is 6.54 Å². The maximum absolute atomic E-state index is 12.0. The van der Waals surface area contributed by atoms with Crippen molar-refractivity contribution in [1.82, 2.24) is 5.32 Å². The highest BCUT2D eigenvalue weighted by molar-refractivity contribution is 5.27. The lowest BCUT2D eigenvalue weighted by Gasteiger charge is -2.07. The summed E-state index contributed by atoms with van der Waals surface area (Å²) in [4.78, 5) is 0. The molecule has 0 radical (unpaired) electrons. The number of hydrogen-bond acceptors (Lipinski definition) is 2. The van der Waals surface area contributed by atoms with E-state index in [1.165, 1.54) is 5.56 Å². The smallest absolute Gasteiger partial charge is 0.387 e. The Bertz CT molecular complexity index is 500. The largest absolute Gasteiger partial charge is 0.435 e. The zero-order valence-electron chi connectivity index (χ0n) is 11.1. The van der Waals surface area contributed by atoms with Crippen LogP contribution < -0.4 is 10.1 Å². The van der Waals surface area contributed by atoms with E-state index >= 15 is 0 Å². The van der Waals surface area contributed by atoms with Crippen LogP contribution in [0.25, 0.3) is 0 Å². The van der Waals surface area contributed by atoms with Crippen LogP contribution in [0.4, 0.5) is 8.78 Å². The first-order valence-corrected chi connectivity index (χ1v) is 6.52. The number of rotatable bonds is 7. The summed E-state index contributed by atoms with van der Waals surface area (Å²) < 4.78 is 28.3. The molecule has 2 nitrogen and oxygen atoms in total. The molecule has 0 aliphatic rings. The molecule has 0 bridgehead atoms. The van der Waals surface area contributed by atoms with Crippen molar-refractivity contribution in [2.75, 3.05) is 6.54 Å². The highest BCUT2D eigenvalue weighted by atomic mass is 19.3. The Labute approximate surface area is 117 Å². The normalized spacial score (nSPS) is 10.8. The van der Waals surface area contributed by atoms with Crippen LogP contribution in [0.3, 0.4) is 0 Å². The zero-order chi connectivity index (χ0) is 14.2. The molecule has 20 heavy (non-hydrogen) atoms. The topological polar surface area (TPSA) is 21.3 Å². The van der Waals surface area contributed by atoms with E-state index in [9.17, 15) is 8.78 Å². The van der Waals surface area contributed by atoms with Gasteiger partial charge >= 0.3 is 6.61 Å². The second kappa shape index (κ2) is 7.60. The van der Waals surface area contributed by atoms with Gasteiger partial charge in [0.15, 0.2) is 0 Å². The fraction of sp³-hybridized carbons (Fsp3) is 0.250. The van der Waals surface area contributed by atoms with E-state index in [1.54, 1.807) is 24.3 Å². The Morgan fingerprint density at radius 3 is 2.25 bits per heavy atom. The standard InChI is InChI=1S/C16H17F2NO/c17-16(18)20-15-8-6-14(7-9-15)12-19-11-10-13-4-2-1-3-5-13/h1-9,16,19H,10-12H2. The summed E-state index contributed by atoms with van der Waals surface area (Å²) in [7, 11) is 0. The van der Waals surface area contributed by atoms with Gasteiger partial charge in [-0.2, -0.15) is 8.78 Å². The van der Waals surface area contributed by atoms with Crippen molar-refractivity contribution in [2.45, 2.75) is 19.6 Å². The van der Waals surface area contributed by atoms with Crippen LogP contribution in [0, 0.1) is 0 Å². The highest BCUT2D eigenvalue weighted by Crippen LogP contribution is 2.14. The van der Waals surface area contributed by atoms with Gasteiger partial charge in [0.2, 0.25) is 0 Å². The molecular weight excluding hydrogens is 260 g/mol. The molecule has 0 aliphatic carbocycles. The van der Waals surface area contributed by atoms with Crippen molar-refractivity contribution in [1.29, 1.82) is 0 Å². The van der Waals surface area contributed by atoms with Crippen LogP contribution in [-0.2, 0) is 13.0 Å². The first-order chi connectivity index (χ1) is 9.74. The minimum atomic E-state index is -2.77. The summed E-state index contributed by atoms with van der Waals surface area (Å²) in [5.41, 5.74) is 2.33. The molecule has 0 heterocycles. The van der Waals surface area contributed by atoms with E-state index < -0.39 is 6.61 Å². The molecule has 4 heteroatoms. The average molecular weight is 277 g/mol. The number of alkyl halides is 2. The summed E-state index contributed by atoms with van der Waals surface area (Å²) >= 11 is 0. The van der Waals surface area contributed by atoms with E-state index in [1.807, 2.05) is 18.2 Å². The lowest BCUT2D eigenvalue weighted by molar-refractivity contribution is -0.0498. The molecule has 0 spiro atoms. The number of benzene rings is 2. The molecule has 0 aliphatic heterocycles. The fourth-order valence-electron chi connectivity index (χ4n) is 1.90. The van der Waals surface area contributed by atoms with Crippen molar-refractivity contribution in [3.8, 4) is 5.75 Å². The zero-order valence-corrected chi connectivity index (χ0v) is 11.1. The predicted octanol–water partition coefficient (Wildman–Crippen LogP) is 3.62. The first kappa shape index (κ1) is 14.5. The van der Waals surface area contributed by atoms with E-state index in [2.05, 4.69) is 22.2 Å². The summed E-state index contributed by atoms with van der Waals surface area (Å²) in [6, 6.07) is 16.9. The Balaban J connectivity index is 1.71. The van der Waals surface area contributed by atoms with Crippen molar-refractivity contribution in [3.05, 3.63) is 65.7 Å². The third kappa shape index (κ3) is 4.97. The van der Waals surface area contributed by atoms with Crippen molar-refractivity contribution >= 4 is 0 Å². The third-order valence-corrected chi connectivity index (χ3v) is 2.91. The van der Waals surface area contributed by atoms with Gasteiger partial charge in [0.05, 0.1) is 0 Å². The Kier molecular flexibility index (Phi) is 5.50. The molecule has 106 valence electrons. The molecule has 0 atom stereocenters. The van der Waals surface area contributed by atoms with Crippen molar-refractivity contribution in [2.24, 2.45) is 0 Å². The minimum Gasteiger partial charge on any atom is -0.435 e. The predicted molar refractivity (Wildman–Crippen MR) is 74.9 cm³/mol. The quantitative estimate of drug-likeness (QED) is 0.780. The molecular formula is C16H17F2NO. The Hall–Kier alpha value is -1.94. The van der Waals surface area contributed by atoms with Gasteiger partial charge in [-0.1, -0.05) is 42.5 Å². The lowest BCUT2D eigenvalue weighted by atomic mass is 10.1. The lowest BCUT2D eigenvalue weighted by Crippen LogP contribution is -2.16. The summed E-state index contributed by atoms with van der Waals surface area (Å²) in [6.07, 6.45) is 0.966. The van der Waals surface area contributed by atoms with Gasteiger partial charge in [-0.3, -0.25) is 0 Å². The molecule has 2 aromatic rings. The Morgan fingerprint density at radius 1 is 0.900 bits per heavy atom. The van der Waals surface area contributed by atoms with Crippen molar-refractivity contribution in [3.63, 3.8) is 0 Å². The van der Waals surface area contributed by atoms with Gasteiger partial charge in [0.1, 0.15) is 5.75 Å². The SMILES string of the molecule is FC(F)Oc1ccc(CNCCc2ccccc2)cc1. The molecule has 0 saturated carbocycles. The third-order valence-electron chi connectivity index (χ3n) is 2.91. The van der Waals surface area contributed by atoms with Gasteiger partial charge in [-0.25, -0.2) is 0 Å². The van der Waals surface area contributed by atoms with Crippen LogP contribution in [-0.4, -0.2) is 13.2 Å². The molecule has 2 rings (SSSR count). The van der Waals surface area contributed by atoms with Gasteiger partial charge in [0, 0.05) is 6.54 Å². The van der Waals surface area contributed by atoms with Crippen LogP contribution in [0.5, 0.6) is 5.75 Å². The van der Waals surface area contributed by atoms with Crippen LogP contribution in [0.2, 0.25) is 0 Å². The Morgan fingerprint density at radius 2 is 1.60 bits per heavy atom. The van der Waals surface area contributed by atoms with Gasteiger partial charge < -0.3 is 10.1 Å². The number of ether oxygens (including phenoxy) is 1. The van der Waals surface area contributed by atoms with Crippen LogP contribution in [0.15, 0.2) is 54.6 Å². The average Bonchev–Trinajstić information content (AvgIpc) is 2.46. The number of nitrogens with one attached hydrogen (secondary N) is 1. The van der Waals surface area contributed by atoms with Crippen LogP contribution in [0.1, 0.15) is 11.1 Å².